The van der Waals surface area contributed by atoms with Crippen LogP contribution in [-0.2, 0) is 4.79 Å². The molecule has 1 saturated carbocycles. The normalized spacial score (nSPS) is 31.6. The van der Waals surface area contributed by atoms with Crippen molar-refractivity contribution < 1.29 is 4.79 Å². The predicted octanol–water partition coefficient (Wildman–Crippen LogP) is 2.93. The first-order chi connectivity index (χ1) is 9.25. The number of thiophene rings is 1. The van der Waals surface area contributed by atoms with Crippen LogP contribution in [-0.4, -0.2) is 23.4 Å². The van der Waals surface area contributed by atoms with Crippen molar-refractivity contribution in [2.24, 2.45) is 11.7 Å². The summed E-state index contributed by atoms with van der Waals surface area (Å²) in [7, 11) is 0. The lowest BCUT2D eigenvalue weighted by molar-refractivity contribution is -0.137. The third-order valence-electron chi connectivity index (χ3n) is 4.47. The van der Waals surface area contributed by atoms with E-state index >= 15 is 0 Å². The van der Waals surface area contributed by atoms with Crippen molar-refractivity contribution in [3.63, 3.8) is 0 Å². The minimum absolute atomic E-state index is 0.171. The molecule has 19 heavy (non-hydrogen) atoms. The molecular weight excluding hydrogens is 256 g/mol. The van der Waals surface area contributed by atoms with E-state index in [0.29, 0.717) is 11.9 Å². The minimum atomic E-state index is 0.171. The summed E-state index contributed by atoms with van der Waals surface area (Å²) in [6, 6.07) is 4.79. The molecule has 0 bridgehead atoms. The van der Waals surface area contributed by atoms with E-state index in [0.717, 1.165) is 45.1 Å². The van der Waals surface area contributed by atoms with Crippen molar-refractivity contribution in [2.45, 2.75) is 50.6 Å². The molecule has 1 aliphatic carbocycles. The number of likely N-dealkylation sites (tertiary alicyclic amines) is 1. The van der Waals surface area contributed by atoms with Gasteiger partial charge in [-0.2, -0.15) is 0 Å². The zero-order chi connectivity index (χ0) is 13.2. The third kappa shape index (κ3) is 2.70. The summed E-state index contributed by atoms with van der Waals surface area (Å²) in [5.74, 6) is 0.523. The quantitative estimate of drug-likeness (QED) is 0.904. The summed E-state index contributed by atoms with van der Waals surface area (Å²) in [6.07, 6.45) is 6.35. The van der Waals surface area contributed by atoms with Crippen molar-refractivity contribution in [1.29, 1.82) is 0 Å². The van der Waals surface area contributed by atoms with Gasteiger partial charge in [0.15, 0.2) is 0 Å². The largest absolute Gasteiger partial charge is 0.335 e. The standard InChI is InChI=1S/C15H22N2OS/c16-12-5-1-4-11(10-12)15(18)17-8-2-6-13(17)14-7-3-9-19-14/h3,7,9,11-13H,1-2,4-6,8,10,16H2. The molecule has 3 unspecified atom stereocenters. The summed E-state index contributed by atoms with van der Waals surface area (Å²) >= 11 is 1.77. The molecule has 2 heterocycles. The summed E-state index contributed by atoms with van der Waals surface area (Å²) in [5.41, 5.74) is 6.02. The first kappa shape index (κ1) is 13.1. The second kappa shape index (κ2) is 5.63. The van der Waals surface area contributed by atoms with Crippen molar-refractivity contribution in [2.75, 3.05) is 6.54 Å². The lowest BCUT2D eigenvalue weighted by Crippen LogP contribution is -2.40. The molecule has 1 aromatic rings. The molecule has 2 fully saturated rings. The minimum Gasteiger partial charge on any atom is -0.335 e. The average Bonchev–Trinajstić information content (AvgIpc) is 3.08. The highest BCUT2D eigenvalue weighted by atomic mass is 32.1. The molecule has 104 valence electrons. The van der Waals surface area contributed by atoms with Crippen LogP contribution in [0.1, 0.15) is 49.4 Å². The van der Waals surface area contributed by atoms with E-state index in [1.807, 2.05) is 0 Å². The monoisotopic (exact) mass is 278 g/mol. The molecule has 3 atom stereocenters. The Morgan fingerprint density at radius 2 is 2.21 bits per heavy atom. The molecular formula is C15H22N2OS. The molecule has 1 amide bonds. The number of nitrogens with two attached hydrogens (primary N) is 1. The van der Waals surface area contributed by atoms with E-state index in [2.05, 4.69) is 22.4 Å². The van der Waals surface area contributed by atoms with Crippen LogP contribution in [0.25, 0.3) is 0 Å². The molecule has 3 rings (SSSR count). The zero-order valence-corrected chi connectivity index (χ0v) is 12.1. The van der Waals surface area contributed by atoms with Gasteiger partial charge in [-0.1, -0.05) is 12.5 Å². The van der Waals surface area contributed by atoms with Crippen LogP contribution in [0.3, 0.4) is 0 Å². The van der Waals surface area contributed by atoms with Gasteiger partial charge in [0, 0.05) is 23.4 Å². The van der Waals surface area contributed by atoms with Crippen LogP contribution in [0.15, 0.2) is 17.5 Å². The SMILES string of the molecule is NC1CCCC(C(=O)N2CCCC2c2cccs2)C1. The Morgan fingerprint density at radius 1 is 1.32 bits per heavy atom. The Morgan fingerprint density at radius 3 is 2.95 bits per heavy atom. The van der Waals surface area contributed by atoms with Crippen LogP contribution in [0, 0.1) is 5.92 Å². The van der Waals surface area contributed by atoms with E-state index < -0.39 is 0 Å². The van der Waals surface area contributed by atoms with Crippen molar-refractivity contribution in [1.82, 2.24) is 4.90 Å². The van der Waals surface area contributed by atoms with E-state index in [4.69, 9.17) is 5.73 Å². The van der Waals surface area contributed by atoms with Crippen molar-refractivity contribution >= 4 is 17.2 Å². The topological polar surface area (TPSA) is 46.3 Å². The third-order valence-corrected chi connectivity index (χ3v) is 5.45. The number of rotatable bonds is 2. The van der Waals surface area contributed by atoms with Crippen LogP contribution in [0.2, 0.25) is 0 Å². The number of hydrogen-bond acceptors (Lipinski definition) is 3. The second-order valence-corrected chi connectivity index (χ2v) is 6.81. The molecule has 2 aliphatic rings. The van der Waals surface area contributed by atoms with Gasteiger partial charge in [-0.15, -0.1) is 11.3 Å². The van der Waals surface area contributed by atoms with E-state index in [1.165, 1.54) is 4.88 Å². The molecule has 3 nitrogen and oxygen atoms in total. The smallest absolute Gasteiger partial charge is 0.226 e. The Kier molecular flexibility index (Phi) is 3.89. The first-order valence-corrected chi connectivity index (χ1v) is 8.23. The lowest BCUT2D eigenvalue weighted by Gasteiger charge is -2.32. The Bertz CT molecular complexity index is 431. The number of carbonyl (C=O) groups is 1. The van der Waals surface area contributed by atoms with Crippen LogP contribution in [0.4, 0.5) is 0 Å². The first-order valence-electron chi connectivity index (χ1n) is 7.35. The van der Waals surface area contributed by atoms with Gasteiger partial charge >= 0.3 is 0 Å². The number of carbonyl (C=O) groups excluding carboxylic acids is 1. The average molecular weight is 278 g/mol. The molecule has 1 aliphatic heterocycles. The summed E-state index contributed by atoms with van der Waals surface area (Å²) in [6.45, 7) is 0.924. The molecule has 4 heteroatoms. The Hall–Kier alpha value is -0.870. The maximum absolute atomic E-state index is 12.7. The molecule has 1 aromatic heterocycles. The summed E-state index contributed by atoms with van der Waals surface area (Å²) < 4.78 is 0. The van der Waals surface area contributed by atoms with Gasteiger partial charge in [0.25, 0.3) is 0 Å². The molecule has 2 N–H and O–H groups in total. The van der Waals surface area contributed by atoms with Gasteiger partial charge in [-0.3, -0.25) is 4.79 Å². The summed E-state index contributed by atoms with van der Waals surface area (Å²) in [4.78, 5) is 16.2. The van der Waals surface area contributed by atoms with E-state index in [9.17, 15) is 4.79 Å². The Balaban J connectivity index is 1.71. The van der Waals surface area contributed by atoms with Crippen LogP contribution in [0.5, 0.6) is 0 Å². The number of hydrogen-bond donors (Lipinski definition) is 1. The van der Waals surface area contributed by atoms with Gasteiger partial charge in [-0.25, -0.2) is 0 Å². The van der Waals surface area contributed by atoms with Gasteiger partial charge in [0.2, 0.25) is 5.91 Å². The molecule has 1 saturated heterocycles. The van der Waals surface area contributed by atoms with E-state index in [-0.39, 0.29) is 12.0 Å². The van der Waals surface area contributed by atoms with E-state index in [1.54, 1.807) is 11.3 Å². The Labute approximate surface area is 118 Å². The highest BCUT2D eigenvalue weighted by Crippen LogP contribution is 2.37. The fourth-order valence-corrected chi connectivity index (χ4v) is 4.37. The van der Waals surface area contributed by atoms with Crippen LogP contribution >= 0.6 is 11.3 Å². The second-order valence-electron chi connectivity index (χ2n) is 5.83. The maximum atomic E-state index is 12.7. The zero-order valence-electron chi connectivity index (χ0n) is 11.3. The maximum Gasteiger partial charge on any atom is 0.226 e. The van der Waals surface area contributed by atoms with Gasteiger partial charge in [0.05, 0.1) is 6.04 Å². The van der Waals surface area contributed by atoms with Crippen LogP contribution < -0.4 is 5.73 Å². The van der Waals surface area contributed by atoms with Gasteiger partial charge in [-0.05, 0) is 43.6 Å². The fraction of sp³-hybridized carbons (Fsp3) is 0.667. The number of nitrogens with zero attached hydrogens (tertiary/aromatic N) is 1. The van der Waals surface area contributed by atoms with Gasteiger partial charge < -0.3 is 10.6 Å². The number of amides is 1. The van der Waals surface area contributed by atoms with Gasteiger partial charge in [0.1, 0.15) is 0 Å². The predicted molar refractivity (Wildman–Crippen MR) is 77.9 cm³/mol. The highest BCUT2D eigenvalue weighted by Gasteiger charge is 2.35. The molecule has 0 aromatic carbocycles. The highest BCUT2D eigenvalue weighted by molar-refractivity contribution is 7.10. The van der Waals surface area contributed by atoms with Crippen molar-refractivity contribution in [3.8, 4) is 0 Å². The molecule has 0 radical (unpaired) electrons. The fourth-order valence-electron chi connectivity index (χ4n) is 3.49. The lowest BCUT2D eigenvalue weighted by atomic mass is 9.85. The van der Waals surface area contributed by atoms with Crippen molar-refractivity contribution in [3.05, 3.63) is 22.4 Å². The molecule has 0 spiro atoms. The summed E-state index contributed by atoms with van der Waals surface area (Å²) in [5, 5.41) is 2.10.